The summed E-state index contributed by atoms with van der Waals surface area (Å²) in [6, 6.07) is 7.28. The molecule has 6 heteroatoms. The fraction of sp³-hybridized carbons (Fsp3) is 0.533. The number of aryl methyl sites for hydroxylation is 1. The molecule has 2 aliphatic heterocycles. The van der Waals surface area contributed by atoms with E-state index in [2.05, 4.69) is 0 Å². The summed E-state index contributed by atoms with van der Waals surface area (Å²) in [5.74, 6) is -0.396. The van der Waals surface area contributed by atoms with E-state index in [9.17, 15) is 9.90 Å². The standard InChI is InChI=1S/C15H20N2O4/c1-9-3-5-11(6-4-9)7-17-12-14(19)20-8-15(12,16)13(21-17)10(2)18/h3-6,10,12-13,18H,7-8,16H2,1-2H3. The number of hydroxylamine groups is 2. The van der Waals surface area contributed by atoms with E-state index >= 15 is 0 Å². The van der Waals surface area contributed by atoms with E-state index in [1.807, 2.05) is 31.2 Å². The Labute approximate surface area is 123 Å². The average Bonchev–Trinajstić information content (AvgIpc) is 2.88. The number of hydrogen-bond acceptors (Lipinski definition) is 6. The van der Waals surface area contributed by atoms with Crippen molar-refractivity contribution in [1.82, 2.24) is 5.06 Å². The van der Waals surface area contributed by atoms with Crippen LogP contribution in [-0.2, 0) is 20.9 Å². The van der Waals surface area contributed by atoms with Crippen LogP contribution < -0.4 is 5.73 Å². The van der Waals surface area contributed by atoms with Crippen molar-refractivity contribution in [2.45, 2.75) is 44.2 Å². The van der Waals surface area contributed by atoms with Gasteiger partial charge in [0, 0.05) is 0 Å². The fourth-order valence-corrected chi connectivity index (χ4v) is 3.04. The summed E-state index contributed by atoms with van der Waals surface area (Å²) in [6.45, 7) is 4.10. The number of carbonyl (C=O) groups excluding carboxylic acids is 1. The van der Waals surface area contributed by atoms with Gasteiger partial charge in [-0.15, -0.1) is 0 Å². The molecular weight excluding hydrogens is 272 g/mol. The van der Waals surface area contributed by atoms with E-state index in [1.54, 1.807) is 6.92 Å². The second-order valence-corrected chi connectivity index (χ2v) is 5.95. The molecule has 2 fully saturated rings. The first-order valence-electron chi connectivity index (χ1n) is 7.04. The van der Waals surface area contributed by atoms with Crippen LogP contribution in [0.25, 0.3) is 0 Å². The van der Waals surface area contributed by atoms with E-state index < -0.39 is 29.8 Å². The minimum atomic E-state index is -1.00. The number of benzene rings is 1. The lowest BCUT2D eigenvalue weighted by Gasteiger charge is -2.26. The molecular formula is C15H20N2O4. The Bertz CT molecular complexity index is 545. The van der Waals surface area contributed by atoms with Gasteiger partial charge in [-0.2, -0.15) is 5.06 Å². The van der Waals surface area contributed by atoms with Gasteiger partial charge in [0.05, 0.1) is 12.6 Å². The van der Waals surface area contributed by atoms with Gasteiger partial charge in [-0.05, 0) is 19.4 Å². The van der Waals surface area contributed by atoms with Gasteiger partial charge in [0.1, 0.15) is 18.2 Å². The van der Waals surface area contributed by atoms with E-state index in [0.29, 0.717) is 6.54 Å². The maximum atomic E-state index is 12.0. The number of fused-ring (bicyclic) bond motifs is 1. The van der Waals surface area contributed by atoms with E-state index in [1.165, 1.54) is 5.06 Å². The van der Waals surface area contributed by atoms with Crippen molar-refractivity contribution >= 4 is 5.97 Å². The van der Waals surface area contributed by atoms with Crippen molar-refractivity contribution in [3.8, 4) is 0 Å². The summed E-state index contributed by atoms with van der Waals surface area (Å²) < 4.78 is 5.09. The Kier molecular flexibility index (Phi) is 3.49. The summed E-state index contributed by atoms with van der Waals surface area (Å²) in [7, 11) is 0. The molecule has 0 aliphatic carbocycles. The van der Waals surface area contributed by atoms with Crippen LogP contribution in [0.4, 0.5) is 0 Å². The molecule has 2 heterocycles. The van der Waals surface area contributed by atoms with Crippen LogP contribution >= 0.6 is 0 Å². The molecule has 1 aromatic carbocycles. The molecule has 0 bridgehead atoms. The molecule has 6 nitrogen and oxygen atoms in total. The van der Waals surface area contributed by atoms with Gasteiger partial charge in [-0.25, -0.2) is 0 Å². The zero-order valence-corrected chi connectivity index (χ0v) is 12.2. The van der Waals surface area contributed by atoms with E-state index in [4.69, 9.17) is 15.3 Å². The number of nitrogens with two attached hydrogens (primary N) is 1. The minimum Gasteiger partial charge on any atom is -0.462 e. The predicted octanol–water partition coefficient (Wildman–Crippen LogP) is 0.115. The lowest BCUT2D eigenvalue weighted by molar-refractivity contribution is -0.202. The van der Waals surface area contributed by atoms with E-state index in [-0.39, 0.29) is 6.61 Å². The van der Waals surface area contributed by atoms with E-state index in [0.717, 1.165) is 11.1 Å². The van der Waals surface area contributed by atoms with Crippen molar-refractivity contribution in [3.63, 3.8) is 0 Å². The highest BCUT2D eigenvalue weighted by Crippen LogP contribution is 2.37. The van der Waals surface area contributed by atoms with Crippen molar-refractivity contribution in [2.24, 2.45) is 5.73 Å². The molecule has 2 aliphatic rings. The van der Waals surface area contributed by atoms with Crippen LogP contribution in [0, 0.1) is 6.92 Å². The number of cyclic esters (lactones) is 1. The number of aliphatic hydroxyl groups excluding tert-OH is 1. The highest BCUT2D eigenvalue weighted by atomic mass is 16.7. The molecule has 2 saturated heterocycles. The first kappa shape index (κ1) is 14.5. The number of ether oxygens (including phenoxy) is 1. The van der Waals surface area contributed by atoms with Gasteiger partial charge >= 0.3 is 5.97 Å². The van der Waals surface area contributed by atoms with Gasteiger partial charge in [-0.3, -0.25) is 9.63 Å². The third-order valence-electron chi connectivity index (χ3n) is 4.16. The van der Waals surface area contributed by atoms with Crippen molar-refractivity contribution in [1.29, 1.82) is 0 Å². The Hall–Kier alpha value is -1.47. The first-order chi connectivity index (χ1) is 9.91. The molecule has 0 spiro atoms. The topological polar surface area (TPSA) is 85.0 Å². The van der Waals surface area contributed by atoms with Gasteiger partial charge < -0.3 is 15.6 Å². The van der Waals surface area contributed by atoms with Crippen LogP contribution in [-0.4, -0.2) is 46.5 Å². The first-order valence-corrected chi connectivity index (χ1v) is 7.04. The minimum absolute atomic E-state index is 0.0659. The van der Waals surface area contributed by atoms with Crippen LogP contribution in [0.2, 0.25) is 0 Å². The molecule has 3 N–H and O–H groups in total. The van der Waals surface area contributed by atoms with Gasteiger partial charge in [0.2, 0.25) is 0 Å². The molecule has 4 unspecified atom stereocenters. The number of esters is 1. The largest absolute Gasteiger partial charge is 0.462 e. The van der Waals surface area contributed by atoms with Crippen LogP contribution in [0.3, 0.4) is 0 Å². The Morgan fingerprint density at radius 3 is 2.76 bits per heavy atom. The van der Waals surface area contributed by atoms with Crippen LogP contribution in [0.1, 0.15) is 18.1 Å². The second kappa shape index (κ2) is 5.06. The Balaban J connectivity index is 1.85. The zero-order valence-electron chi connectivity index (χ0n) is 12.2. The summed E-state index contributed by atoms with van der Waals surface area (Å²) in [6.07, 6.45) is -1.44. The summed E-state index contributed by atoms with van der Waals surface area (Å²) in [4.78, 5) is 17.7. The fourth-order valence-electron chi connectivity index (χ4n) is 3.04. The maximum absolute atomic E-state index is 12.0. The number of hydrogen-bond donors (Lipinski definition) is 2. The maximum Gasteiger partial charge on any atom is 0.328 e. The molecule has 1 aromatic rings. The molecule has 4 atom stereocenters. The van der Waals surface area contributed by atoms with Crippen molar-refractivity contribution in [3.05, 3.63) is 35.4 Å². The number of aliphatic hydroxyl groups is 1. The average molecular weight is 292 g/mol. The normalized spacial score (nSPS) is 33.8. The Morgan fingerprint density at radius 2 is 2.14 bits per heavy atom. The highest BCUT2D eigenvalue weighted by Gasteiger charge is 2.63. The second-order valence-electron chi connectivity index (χ2n) is 5.95. The van der Waals surface area contributed by atoms with Crippen LogP contribution in [0.5, 0.6) is 0 Å². The SMILES string of the molecule is Cc1ccc(CN2OC(C(C)O)C3(N)COC(=O)C23)cc1. The van der Waals surface area contributed by atoms with Gasteiger partial charge in [-0.1, -0.05) is 29.8 Å². The molecule has 0 aromatic heterocycles. The third-order valence-corrected chi connectivity index (χ3v) is 4.16. The highest BCUT2D eigenvalue weighted by molar-refractivity contribution is 5.80. The summed E-state index contributed by atoms with van der Waals surface area (Å²) in [5, 5.41) is 11.4. The molecule has 3 rings (SSSR count). The van der Waals surface area contributed by atoms with Crippen molar-refractivity contribution < 1.29 is 19.5 Å². The van der Waals surface area contributed by atoms with Gasteiger partial charge in [0.15, 0.2) is 6.04 Å². The Morgan fingerprint density at radius 1 is 1.48 bits per heavy atom. The quantitative estimate of drug-likeness (QED) is 0.770. The number of carbonyl (C=O) groups is 1. The number of rotatable bonds is 3. The predicted molar refractivity (Wildman–Crippen MR) is 74.9 cm³/mol. The van der Waals surface area contributed by atoms with Gasteiger partial charge in [0.25, 0.3) is 0 Å². The lowest BCUT2D eigenvalue weighted by atomic mass is 9.86. The molecule has 0 radical (unpaired) electrons. The lowest BCUT2D eigenvalue weighted by Crippen LogP contribution is -2.59. The smallest absolute Gasteiger partial charge is 0.328 e. The zero-order chi connectivity index (χ0) is 15.2. The molecule has 114 valence electrons. The summed E-state index contributed by atoms with van der Waals surface area (Å²) in [5.41, 5.74) is 7.46. The van der Waals surface area contributed by atoms with Crippen LogP contribution in [0.15, 0.2) is 24.3 Å². The summed E-state index contributed by atoms with van der Waals surface area (Å²) >= 11 is 0. The monoisotopic (exact) mass is 292 g/mol. The number of nitrogens with zero attached hydrogens (tertiary/aromatic N) is 1. The molecule has 21 heavy (non-hydrogen) atoms. The third kappa shape index (κ3) is 2.34. The molecule has 0 saturated carbocycles. The molecule has 0 amide bonds. The van der Waals surface area contributed by atoms with Crippen molar-refractivity contribution in [2.75, 3.05) is 6.61 Å².